The summed E-state index contributed by atoms with van der Waals surface area (Å²) in [5.74, 6) is -0.341. The van der Waals surface area contributed by atoms with Crippen molar-refractivity contribution in [2.45, 2.75) is 6.54 Å². The Morgan fingerprint density at radius 2 is 1.84 bits per heavy atom. The predicted molar refractivity (Wildman–Crippen MR) is 152 cm³/mol. The molecule has 5 rings (SSSR count). The molecule has 0 atom stereocenters. The smallest absolute Gasteiger partial charge is 0.258 e. The number of fused-ring (bicyclic) bond motifs is 1. The zero-order valence-electron chi connectivity index (χ0n) is 21.7. The molecule has 0 amide bonds. The maximum atomic E-state index is 13.5. The molecular formula is C28H30FN7OS. The second-order valence-corrected chi connectivity index (χ2v) is 10.6. The van der Waals surface area contributed by atoms with Crippen molar-refractivity contribution in [3.05, 3.63) is 69.7 Å². The van der Waals surface area contributed by atoms with Crippen LogP contribution in [0.5, 0.6) is 0 Å². The average Bonchev–Trinajstić information content (AvgIpc) is 3.37. The molecule has 1 aliphatic heterocycles. The van der Waals surface area contributed by atoms with E-state index in [9.17, 15) is 14.4 Å². The van der Waals surface area contributed by atoms with Gasteiger partial charge in [-0.2, -0.15) is 5.26 Å². The third-order valence-electron chi connectivity index (χ3n) is 6.80. The molecular weight excluding hydrogens is 501 g/mol. The average molecular weight is 532 g/mol. The summed E-state index contributed by atoms with van der Waals surface area (Å²) in [6, 6.07) is 14.3. The van der Waals surface area contributed by atoms with Crippen LogP contribution in [0.1, 0.15) is 4.88 Å². The summed E-state index contributed by atoms with van der Waals surface area (Å²) in [7, 11) is 5.87. The molecule has 0 aliphatic carbocycles. The zero-order valence-corrected chi connectivity index (χ0v) is 22.6. The number of nitrogens with zero attached hydrogens (tertiary/aromatic N) is 6. The van der Waals surface area contributed by atoms with E-state index in [0.717, 1.165) is 49.5 Å². The Morgan fingerprint density at radius 3 is 2.53 bits per heavy atom. The molecule has 4 aromatic rings. The number of nitriles is 1. The number of rotatable bonds is 7. The van der Waals surface area contributed by atoms with Gasteiger partial charge in [0.15, 0.2) is 5.13 Å². The summed E-state index contributed by atoms with van der Waals surface area (Å²) in [4.78, 5) is 25.0. The van der Waals surface area contributed by atoms with E-state index < -0.39 is 0 Å². The van der Waals surface area contributed by atoms with Gasteiger partial charge in [0.05, 0.1) is 5.69 Å². The zero-order chi connectivity index (χ0) is 26.8. The number of pyridine rings is 1. The number of halogens is 1. The molecule has 1 saturated heterocycles. The summed E-state index contributed by atoms with van der Waals surface area (Å²) >= 11 is 1.28. The fourth-order valence-corrected chi connectivity index (χ4v) is 5.52. The van der Waals surface area contributed by atoms with E-state index in [-0.39, 0.29) is 11.4 Å². The summed E-state index contributed by atoms with van der Waals surface area (Å²) in [6.45, 7) is 4.89. The highest BCUT2D eigenvalue weighted by molar-refractivity contribution is 7.16. The summed E-state index contributed by atoms with van der Waals surface area (Å²) < 4.78 is 15.3. The first-order valence-electron chi connectivity index (χ1n) is 12.5. The molecule has 0 spiro atoms. The van der Waals surface area contributed by atoms with Crippen LogP contribution in [-0.2, 0) is 6.54 Å². The minimum atomic E-state index is -0.341. The molecule has 10 heteroatoms. The van der Waals surface area contributed by atoms with Gasteiger partial charge in [-0.1, -0.05) is 11.3 Å². The van der Waals surface area contributed by atoms with Crippen molar-refractivity contribution >= 4 is 38.6 Å². The Morgan fingerprint density at radius 1 is 1.11 bits per heavy atom. The third kappa shape index (κ3) is 5.13. The summed E-state index contributed by atoms with van der Waals surface area (Å²) in [5.41, 5.74) is 3.07. The van der Waals surface area contributed by atoms with Crippen molar-refractivity contribution in [3.63, 3.8) is 0 Å². The highest BCUT2D eigenvalue weighted by Gasteiger charge is 2.21. The van der Waals surface area contributed by atoms with Gasteiger partial charge in [0, 0.05) is 74.5 Å². The fourth-order valence-electron chi connectivity index (χ4n) is 4.66. The van der Waals surface area contributed by atoms with E-state index in [0.29, 0.717) is 33.2 Å². The quantitative estimate of drug-likeness (QED) is 0.388. The van der Waals surface area contributed by atoms with Gasteiger partial charge in [-0.05, 0) is 56.6 Å². The molecule has 38 heavy (non-hydrogen) atoms. The SMILES string of the molecule is CN(C)CCn1cc(N(C)c2nc(-c3ccc(F)cc3)c(C#N)s2)c2cc(N3CCNCC3)ccc2c1=O. The molecule has 8 nitrogen and oxygen atoms in total. The summed E-state index contributed by atoms with van der Waals surface area (Å²) in [5, 5.41) is 15.3. The molecule has 0 radical (unpaired) electrons. The molecule has 2 aromatic carbocycles. The van der Waals surface area contributed by atoms with Crippen LogP contribution in [0.25, 0.3) is 22.0 Å². The first-order valence-corrected chi connectivity index (χ1v) is 13.4. The fraction of sp³-hybridized carbons (Fsp3) is 0.321. The van der Waals surface area contributed by atoms with Crippen molar-refractivity contribution in [2.24, 2.45) is 0 Å². The predicted octanol–water partition coefficient (Wildman–Crippen LogP) is 3.87. The van der Waals surface area contributed by atoms with Gasteiger partial charge in [0.25, 0.3) is 5.56 Å². The summed E-state index contributed by atoms with van der Waals surface area (Å²) in [6.07, 6.45) is 1.89. The second kappa shape index (κ2) is 10.9. The largest absolute Gasteiger partial charge is 0.369 e. The van der Waals surface area contributed by atoms with Gasteiger partial charge >= 0.3 is 0 Å². The Kier molecular flexibility index (Phi) is 7.42. The van der Waals surface area contributed by atoms with Gasteiger partial charge < -0.3 is 24.6 Å². The minimum Gasteiger partial charge on any atom is -0.369 e. The molecule has 1 aliphatic rings. The maximum Gasteiger partial charge on any atom is 0.258 e. The van der Waals surface area contributed by atoms with Gasteiger partial charge in [0.2, 0.25) is 0 Å². The van der Waals surface area contributed by atoms with Gasteiger partial charge in [0.1, 0.15) is 22.5 Å². The third-order valence-corrected chi connectivity index (χ3v) is 7.84. The monoisotopic (exact) mass is 531 g/mol. The lowest BCUT2D eigenvalue weighted by atomic mass is 10.1. The van der Waals surface area contributed by atoms with Crippen molar-refractivity contribution < 1.29 is 4.39 Å². The number of aromatic nitrogens is 2. The lowest BCUT2D eigenvalue weighted by molar-refractivity contribution is 0.381. The van der Waals surface area contributed by atoms with E-state index in [2.05, 4.69) is 22.4 Å². The number of thiazole rings is 1. The highest BCUT2D eigenvalue weighted by atomic mass is 32.1. The van der Waals surface area contributed by atoms with E-state index >= 15 is 0 Å². The Hall–Kier alpha value is -3.78. The molecule has 3 heterocycles. The topological polar surface area (TPSA) is 80.4 Å². The number of likely N-dealkylation sites (N-methyl/N-ethyl adjacent to an activating group) is 1. The van der Waals surface area contributed by atoms with Crippen LogP contribution in [0, 0.1) is 17.1 Å². The molecule has 1 N–H and O–H groups in total. The van der Waals surface area contributed by atoms with E-state index in [4.69, 9.17) is 4.98 Å². The maximum absolute atomic E-state index is 13.5. The first-order chi connectivity index (χ1) is 18.4. The molecule has 0 unspecified atom stereocenters. The van der Waals surface area contributed by atoms with E-state index in [1.165, 1.54) is 23.5 Å². The van der Waals surface area contributed by atoms with Crippen LogP contribution in [-0.4, -0.2) is 68.3 Å². The van der Waals surface area contributed by atoms with Crippen LogP contribution in [0.4, 0.5) is 20.9 Å². The van der Waals surface area contributed by atoms with Crippen LogP contribution < -0.4 is 20.7 Å². The lowest BCUT2D eigenvalue weighted by Gasteiger charge is -2.30. The van der Waals surface area contributed by atoms with Gasteiger partial charge in [-0.3, -0.25) is 4.79 Å². The second-order valence-electron chi connectivity index (χ2n) is 9.63. The minimum absolute atomic E-state index is 0.0327. The van der Waals surface area contributed by atoms with Crippen molar-refractivity contribution in [3.8, 4) is 17.3 Å². The number of piperazine rings is 1. The number of hydrogen-bond donors (Lipinski definition) is 1. The Labute approximate surface area is 225 Å². The van der Waals surface area contributed by atoms with Crippen molar-refractivity contribution in [1.29, 1.82) is 5.26 Å². The van der Waals surface area contributed by atoms with Crippen LogP contribution >= 0.6 is 11.3 Å². The number of benzene rings is 2. The van der Waals surface area contributed by atoms with Gasteiger partial charge in [-0.25, -0.2) is 9.37 Å². The Bertz CT molecular complexity index is 1550. The number of nitrogens with one attached hydrogen (secondary N) is 1. The van der Waals surface area contributed by atoms with Crippen LogP contribution in [0.15, 0.2) is 53.5 Å². The van der Waals surface area contributed by atoms with Crippen LogP contribution in [0.2, 0.25) is 0 Å². The van der Waals surface area contributed by atoms with E-state index in [1.54, 1.807) is 16.7 Å². The Balaban J connectivity index is 1.63. The first kappa shape index (κ1) is 25.9. The molecule has 0 bridgehead atoms. The number of anilines is 3. The lowest BCUT2D eigenvalue weighted by Crippen LogP contribution is -2.43. The van der Waals surface area contributed by atoms with Crippen LogP contribution in [0.3, 0.4) is 0 Å². The normalized spacial score (nSPS) is 13.7. The van der Waals surface area contributed by atoms with Crippen molar-refractivity contribution in [2.75, 3.05) is 63.7 Å². The van der Waals surface area contributed by atoms with E-state index in [1.807, 2.05) is 49.3 Å². The highest BCUT2D eigenvalue weighted by Crippen LogP contribution is 2.38. The standard InChI is InChI=1S/C28H30FN7OS/c1-33(2)14-15-36-18-24(23-16-21(8-9-22(23)27(36)37)35-12-10-31-11-13-35)34(3)28-32-26(25(17-30)38-28)19-4-6-20(29)7-5-19/h4-9,16,18,31H,10-15H2,1-3H3. The van der Waals surface area contributed by atoms with Crippen molar-refractivity contribution in [1.82, 2.24) is 19.8 Å². The molecule has 1 fully saturated rings. The molecule has 196 valence electrons. The number of hydrogen-bond acceptors (Lipinski definition) is 8. The van der Waals surface area contributed by atoms with Gasteiger partial charge in [-0.15, -0.1) is 0 Å². The molecule has 0 saturated carbocycles. The molecule has 2 aromatic heterocycles.